The van der Waals surface area contributed by atoms with E-state index in [-0.39, 0.29) is 18.4 Å². The lowest BCUT2D eigenvalue weighted by molar-refractivity contribution is 0.0423. The molecule has 2 amide bonds. The van der Waals surface area contributed by atoms with Crippen molar-refractivity contribution in [3.05, 3.63) is 0 Å². The molecule has 0 aromatic carbocycles. The van der Waals surface area contributed by atoms with Crippen LogP contribution in [0.5, 0.6) is 0 Å². The summed E-state index contributed by atoms with van der Waals surface area (Å²) in [5, 5.41) is 3.16. The van der Waals surface area contributed by atoms with Crippen LogP contribution >= 0.6 is 12.4 Å². The highest BCUT2D eigenvalue weighted by molar-refractivity contribution is 5.85. The van der Waals surface area contributed by atoms with Crippen LogP contribution in [-0.2, 0) is 4.74 Å². The zero-order chi connectivity index (χ0) is 11.4. The predicted octanol–water partition coefficient (Wildman–Crippen LogP) is 0.544. The Morgan fingerprint density at radius 2 is 2.06 bits per heavy atom. The van der Waals surface area contributed by atoms with Crippen molar-refractivity contribution < 1.29 is 9.53 Å². The van der Waals surface area contributed by atoms with Gasteiger partial charge in [-0.3, -0.25) is 0 Å². The van der Waals surface area contributed by atoms with Gasteiger partial charge in [0.05, 0.1) is 13.2 Å². The van der Waals surface area contributed by atoms with Gasteiger partial charge in [-0.25, -0.2) is 4.79 Å². The molecule has 1 N–H and O–H groups in total. The molecule has 1 unspecified atom stereocenters. The SMILES string of the molecule is CNCC1CCCN1C(=O)N1CCOCC1.Cl. The van der Waals surface area contributed by atoms with Crippen LogP contribution in [0, 0.1) is 0 Å². The number of urea groups is 1. The van der Waals surface area contributed by atoms with Gasteiger partial charge in [0.2, 0.25) is 0 Å². The number of hydrogen-bond donors (Lipinski definition) is 1. The van der Waals surface area contributed by atoms with E-state index in [9.17, 15) is 4.79 Å². The minimum absolute atomic E-state index is 0. The lowest BCUT2D eigenvalue weighted by Gasteiger charge is -2.33. The van der Waals surface area contributed by atoms with Gasteiger partial charge >= 0.3 is 6.03 Å². The van der Waals surface area contributed by atoms with E-state index in [4.69, 9.17) is 4.74 Å². The van der Waals surface area contributed by atoms with Crippen LogP contribution < -0.4 is 5.32 Å². The van der Waals surface area contributed by atoms with Gasteiger partial charge in [0.25, 0.3) is 0 Å². The first kappa shape index (κ1) is 14.5. The first-order valence-corrected chi connectivity index (χ1v) is 6.11. The average molecular weight is 264 g/mol. The zero-order valence-electron chi connectivity index (χ0n) is 10.4. The lowest BCUT2D eigenvalue weighted by Crippen LogP contribution is -2.51. The molecule has 2 fully saturated rings. The number of likely N-dealkylation sites (N-methyl/N-ethyl adjacent to an activating group) is 1. The summed E-state index contributed by atoms with van der Waals surface area (Å²) < 4.78 is 5.26. The molecule has 2 aliphatic rings. The Balaban J connectivity index is 0.00000144. The summed E-state index contributed by atoms with van der Waals surface area (Å²) in [6, 6.07) is 0.571. The van der Waals surface area contributed by atoms with E-state index in [0.717, 1.165) is 39.0 Å². The number of nitrogens with one attached hydrogen (secondary N) is 1. The first-order valence-electron chi connectivity index (χ1n) is 6.11. The fraction of sp³-hybridized carbons (Fsp3) is 0.909. The minimum Gasteiger partial charge on any atom is -0.378 e. The smallest absolute Gasteiger partial charge is 0.320 e. The van der Waals surface area contributed by atoms with Crippen LogP contribution in [0.25, 0.3) is 0 Å². The lowest BCUT2D eigenvalue weighted by atomic mass is 10.2. The van der Waals surface area contributed by atoms with Gasteiger partial charge in [-0.15, -0.1) is 12.4 Å². The second-order valence-electron chi connectivity index (χ2n) is 4.43. The Labute approximate surface area is 109 Å². The second kappa shape index (κ2) is 7.03. The number of ether oxygens (including phenoxy) is 1. The molecule has 17 heavy (non-hydrogen) atoms. The minimum atomic E-state index is 0. The van der Waals surface area contributed by atoms with Gasteiger partial charge in [-0.2, -0.15) is 0 Å². The fourth-order valence-electron chi connectivity index (χ4n) is 2.47. The Hall–Kier alpha value is -0.520. The number of morpholine rings is 1. The first-order chi connectivity index (χ1) is 7.83. The molecule has 5 nitrogen and oxygen atoms in total. The van der Waals surface area contributed by atoms with Crippen LogP contribution in [-0.4, -0.2) is 68.3 Å². The van der Waals surface area contributed by atoms with Crippen LogP contribution in [0.15, 0.2) is 0 Å². The number of nitrogens with zero attached hydrogens (tertiary/aromatic N) is 2. The Morgan fingerprint density at radius 1 is 1.35 bits per heavy atom. The molecule has 0 bridgehead atoms. The number of carbonyl (C=O) groups excluding carboxylic acids is 1. The summed E-state index contributed by atoms with van der Waals surface area (Å²) in [5.74, 6) is 0. The van der Waals surface area contributed by atoms with Crippen LogP contribution in [0.4, 0.5) is 4.79 Å². The van der Waals surface area contributed by atoms with Crippen molar-refractivity contribution in [2.75, 3.05) is 46.4 Å². The standard InChI is InChI=1S/C11H21N3O2.ClH/c1-12-9-10-3-2-4-14(10)11(15)13-5-7-16-8-6-13;/h10,12H,2-9H2,1H3;1H. The van der Waals surface area contributed by atoms with E-state index >= 15 is 0 Å². The molecule has 2 rings (SSSR count). The molecular formula is C11H22ClN3O2. The third-order valence-electron chi connectivity index (χ3n) is 3.34. The summed E-state index contributed by atoms with van der Waals surface area (Å²) in [4.78, 5) is 16.2. The number of likely N-dealkylation sites (tertiary alicyclic amines) is 1. The third-order valence-corrected chi connectivity index (χ3v) is 3.34. The zero-order valence-corrected chi connectivity index (χ0v) is 11.2. The van der Waals surface area contributed by atoms with E-state index in [2.05, 4.69) is 5.32 Å². The molecule has 2 saturated heterocycles. The summed E-state index contributed by atoms with van der Waals surface area (Å²) in [6.45, 7) is 4.63. The average Bonchev–Trinajstić information content (AvgIpc) is 2.78. The molecule has 0 aromatic rings. The summed E-state index contributed by atoms with van der Waals surface area (Å²) in [7, 11) is 1.94. The van der Waals surface area contributed by atoms with Crippen LogP contribution in [0.1, 0.15) is 12.8 Å². The van der Waals surface area contributed by atoms with Crippen molar-refractivity contribution >= 4 is 18.4 Å². The number of carbonyl (C=O) groups is 1. The summed E-state index contributed by atoms with van der Waals surface area (Å²) in [5.41, 5.74) is 0. The molecule has 0 saturated carbocycles. The van der Waals surface area contributed by atoms with Crippen molar-refractivity contribution in [1.82, 2.24) is 15.1 Å². The maximum atomic E-state index is 12.3. The molecule has 0 radical (unpaired) electrons. The van der Waals surface area contributed by atoms with Gasteiger partial charge in [-0.1, -0.05) is 0 Å². The highest BCUT2D eigenvalue weighted by Crippen LogP contribution is 2.18. The van der Waals surface area contributed by atoms with E-state index < -0.39 is 0 Å². The number of hydrogen-bond acceptors (Lipinski definition) is 3. The molecule has 2 aliphatic heterocycles. The molecule has 1 atom stereocenters. The highest BCUT2D eigenvalue weighted by Gasteiger charge is 2.31. The third kappa shape index (κ3) is 3.47. The van der Waals surface area contributed by atoms with Crippen LogP contribution in [0.3, 0.4) is 0 Å². The Bertz CT molecular complexity index is 247. The molecule has 6 heteroatoms. The van der Waals surface area contributed by atoms with Gasteiger partial charge in [-0.05, 0) is 19.9 Å². The number of halogens is 1. The van der Waals surface area contributed by atoms with Crippen molar-refractivity contribution in [3.63, 3.8) is 0 Å². The van der Waals surface area contributed by atoms with E-state index in [1.807, 2.05) is 16.8 Å². The van der Waals surface area contributed by atoms with Crippen molar-refractivity contribution in [3.8, 4) is 0 Å². The molecule has 0 aliphatic carbocycles. The van der Waals surface area contributed by atoms with E-state index in [1.54, 1.807) is 0 Å². The Kier molecular flexibility index (Phi) is 6.02. The normalized spacial score (nSPS) is 24.6. The van der Waals surface area contributed by atoms with Gasteiger partial charge < -0.3 is 19.9 Å². The monoisotopic (exact) mass is 263 g/mol. The van der Waals surface area contributed by atoms with E-state index in [1.165, 1.54) is 0 Å². The summed E-state index contributed by atoms with van der Waals surface area (Å²) in [6.07, 6.45) is 2.25. The fourth-order valence-corrected chi connectivity index (χ4v) is 2.47. The molecule has 0 spiro atoms. The van der Waals surface area contributed by atoms with E-state index in [0.29, 0.717) is 19.3 Å². The molecule has 100 valence electrons. The maximum absolute atomic E-state index is 12.3. The molecule has 0 aromatic heterocycles. The maximum Gasteiger partial charge on any atom is 0.320 e. The van der Waals surface area contributed by atoms with Crippen LogP contribution in [0.2, 0.25) is 0 Å². The van der Waals surface area contributed by atoms with Gasteiger partial charge in [0.15, 0.2) is 0 Å². The van der Waals surface area contributed by atoms with Crippen molar-refractivity contribution in [2.24, 2.45) is 0 Å². The summed E-state index contributed by atoms with van der Waals surface area (Å²) >= 11 is 0. The number of amides is 2. The largest absolute Gasteiger partial charge is 0.378 e. The van der Waals surface area contributed by atoms with Crippen molar-refractivity contribution in [1.29, 1.82) is 0 Å². The quantitative estimate of drug-likeness (QED) is 0.791. The van der Waals surface area contributed by atoms with Gasteiger partial charge in [0.1, 0.15) is 0 Å². The predicted molar refractivity (Wildman–Crippen MR) is 68.7 cm³/mol. The highest BCUT2D eigenvalue weighted by atomic mass is 35.5. The number of rotatable bonds is 2. The molecule has 2 heterocycles. The Morgan fingerprint density at radius 3 is 2.71 bits per heavy atom. The topological polar surface area (TPSA) is 44.8 Å². The van der Waals surface area contributed by atoms with Gasteiger partial charge in [0, 0.05) is 32.2 Å². The second-order valence-corrected chi connectivity index (χ2v) is 4.43. The molecular weight excluding hydrogens is 242 g/mol. The van der Waals surface area contributed by atoms with Crippen molar-refractivity contribution in [2.45, 2.75) is 18.9 Å².